The predicted octanol–water partition coefficient (Wildman–Crippen LogP) is 3.86. The molecule has 4 aromatic rings. The summed E-state index contributed by atoms with van der Waals surface area (Å²) in [7, 11) is 5.06. The summed E-state index contributed by atoms with van der Waals surface area (Å²) >= 11 is 0. The highest BCUT2D eigenvalue weighted by atomic mass is 16.6. The summed E-state index contributed by atoms with van der Waals surface area (Å²) < 4.78 is 12.5. The summed E-state index contributed by atoms with van der Waals surface area (Å²) in [6.45, 7) is 8.99. The van der Waals surface area contributed by atoms with Crippen molar-refractivity contribution >= 4 is 45.6 Å². The summed E-state index contributed by atoms with van der Waals surface area (Å²) in [5.74, 6) is 0.0696. The molecule has 5 rings (SSSR count). The first kappa shape index (κ1) is 26.3. The van der Waals surface area contributed by atoms with Crippen molar-refractivity contribution < 1.29 is 19.1 Å². The number of aryl methyl sites for hydroxylation is 2. The number of methoxy groups -OCH3 is 1. The number of nitrogens with zero attached hydrogens (tertiary/aromatic N) is 6. The smallest absolute Gasteiger partial charge is 0.410 e. The van der Waals surface area contributed by atoms with Crippen LogP contribution in [0.25, 0.3) is 21.9 Å². The zero-order valence-electron chi connectivity index (χ0n) is 23.3. The molecular weight excluding hydrogens is 500 g/mol. The summed E-state index contributed by atoms with van der Waals surface area (Å²) in [4.78, 5) is 42.0. The number of aromatic amines is 1. The molecule has 0 aliphatic carbocycles. The number of H-pyrrole nitrogens is 1. The molecule has 3 aromatic heterocycles. The van der Waals surface area contributed by atoms with Gasteiger partial charge >= 0.3 is 6.09 Å². The molecule has 39 heavy (non-hydrogen) atoms. The fraction of sp³-hybridized carbons (Fsp3) is 0.444. The van der Waals surface area contributed by atoms with Crippen LogP contribution in [0.4, 0.5) is 16.4 Å². The van der Waals surface area contributed by atoms with Gasteiger partial charge in [-0.3, -0.25) is 14.8 Å². The summed E-state index contributed by atoms with van der Waals surface area (Å²) in [5, 5.41) is 8.05. The Balaban J connectivity index is 1.39. The molecule has 0 unspecified atom stereocenters. The van der Waals surface area contributed by atoms with Gasteiger partial charge in [0.2, 0.25) is 11.8 Å². The van der Waals surface area contributed by atoms with E-state index in [-0.39, 0.29) is 29.9 Å². The number of aromatic nitrogens is 5. The number of benzene rings is 1. The Hall–Kier alpha value is -4.35. The minimum absolute atomic E-state index is 0.0208. The standard InChI is InChI=1S/C27H34N8O4/c1-15-12-18-20(35-11-10-16(13-35)34(6)26(37)39-27(2,3)4)9-8-17(21(18)28-15)23(36)30-25-29-19-14-33(5)32-22(19)24(31-25)38-7/h8-9,12,14,16,28H,10-11,13H2,1-7H3,(H,29,30,36)/t16-/m1/s1. The molecule has 12 heteroatoms. The number of rotatable bonds is 5. The van der Waals surface area contributed by atoms with Gasteiger partial charge in [0.1, 0.15) is 11.1 Å². The Morgan fingerprint density at radius 3 is 2.72 bits per heavy atom. The van der Waals surface area contributed by atoms with Gasteiger partial charge in [0, 0.05) is 44.0 Å². The lowest BCUT2D eigenvalue weighted by Crippen LogP contribution is -2.42. The van der Waals surface area contributed by atoms with Crippen LogP contribution in [0.3, 0.4) is 0 Å². The van der Waals surface area contributed by atoms with Gasteiger partial charge in [0.15, 0.2) is 5.52 Å². The number of ether oxygens (including phenoxy) is 2. The summed E-state index contributed by atoms with van der Waals surface area (Å²) in [6.07, 6.45) is 2.23. The molecule has 0 saturated carbocycles. The van der Waals surface area contributed by atoms with E-state index in [0.29, 0.717) is 23.1 Å². The molecule has 1 aromatic carbocycles. The molecular formula is C27H34N8O4. The van der Waals surface area contributed by atoms with Gasteiger partial charge < -0.3 is 24.3 Å². The van der Waals surface area contributed by atoms with Crippen molar-refractivity contribution in [2.45, 2.75) is 45.8 Å². The second-order valence-electron chi connectivity index (χ2n) is 10.9. The Bertz CT molecular complexity index is 1570. The quantitative estimate of drug-likeness (QED) is 0.395. The molecule has 1 saturated heterocycles. The van der Waals surface area contributed by atoms with Crippen molar-refractivity contribution in [3.63, 3.8) is 0 Å². The van der Waals surface area contributed by atoms with Crippen LogP contribution in [0.5, 0.6) is 5.88 Å². The molecule has 0 bridgehead atoms. The molecule has 206 valence electrons. The van der Waals surface area contributed by atoms with Crippen LogP contribution in [0.15, 0.2) is 24.4 Å². The molecule has 4 heterocycles. The first-order valence-corrected chi connectivity index (χ1v) is 12.8. The van der Waals surface area contributed by atoms with Crippen LogP contribution in [-0.2, 0) is 11.8 Å². The van der Waals surface area contributed by atoms with Crippen LogP contribution in [-0.4, -0.2) is 80.5 Å². The van der Waals surface area contributed by atoms with Gasteiger partial charge in [-0.15, -0.1) is 0 Å². The molecule has 1 fully saturated rings. The van der Waals surface area contributed by atoms with Crippen LogP contribution in [0.1, 0.15) is 43.2 Å². The van der Waals surface area contributed by atoms with E-state index in [1.54, 1.807) is 35.9 Å². The largest absolute Gasteiger partial charge is 0.479 e. The van der Waals surface area contributed by atoms with Gasteiger partial charge in [0.05, 0.1) is 30.4 Å². The van der Waals surface area contributed by atoms with E-state index < -0.39 is 5.60 Å². The number of hydrogen-bond acceptors (Lipinski definition) is 8. The second-order valence-corrected chi connectivity index (χ2v) is 10.9. The van der Waals surface area contributed by atoms with Gasteiger partial charge in [-0.25, -0.2) is 9.78 Å². The maximum atomic E-state index is 13.4. The fourth-order valence-electron chi connectivity index (χ4n) is 4.93. The lowest BCUT2D eigenvalue weighted by atomic mass is 10.1. The zero-order chi connectivity index (χ0) is 28.1. The van der Waals surface area contributed by atoms with Crippen molar-refractivity contribution in [1.82, 2.24) is 29.6 Å². The maximum absolute atomic E-state index is 13.4. The highest BCUT2D eigenvalue weighted by Gasteiger charge is 2.32. The summed E-state index contributed by atoms with van der Waals surface area (Å²) in [6, 6.07) is 5.81. The van der Waals surface area contributed by atoms with Crippen molar-refractivity contribution in [1.29, 1.82) is 0 Å². The number of hydrogen-bond donors (Lipinski definition) is 2. The maximum Gasteiger partial charge on any atom is 0.410 e. The van der Waals surface area contributed by atoms with E-state index >= 15 is 0 Å². The third-order valence-corrected chi connectivity index (χ3v) is 6.75. The molecule has 0 radical (unpaired) electrons. The molecule has 2 amide bonds. The minimum Gasteiger partial charge on any atom is -0.479 e. The van der Waals surface area contributed by atoms with E-state index in [2.05, 4.69) is 30.3 Å². The first-order valence-electron chi connectivity index (χ1n) is 12.8. The fourth-order valence-corrected chi connectivity index (χ4v) is 4.93. The van der Waals surface area contributed by atoms with Crippen molar-refractivity contribution in [2.75, 3.05) is 37.5 Å². The van der Waals surface area contributed by atoms with Crippen molar-refractivity contribution in [3.8, 4) is 5.88 Å². The summed E-state index contributed by atoms with van der Waals surface area (Å²) in [5.41, 5.74) is 3.66. The third kappa shape index (κ3) is 5.18. The number of anilines is 2. The van der Waals surface area contributed by atoms with Crippen LogP contribution in [0, 0.1) is 6.92 Å². The number of carbonyl (C=O) groups excluding carboxylic acids is 2. The first-order chi connectivity index (χ1) is 18.4. The predicted molar refractivity (Wildman–Crippen MR) is 148 cm³/mol. The van der Waals surface area contributed by atoms with Crippen LogP contribution in [0.2, 0.25) is 0 Å². The molecule has 1 aliphatic rings. The molecule has 1 atom stereocenters. The number of fused-ring (bicyclic) bond motifs is 2. The second kappa shape index (κ2) is 9.75. The lowest BCUT2D eigenvalue weighted by molar-refractivity contribution is 0.0237. The minimum atomic E-state index is -0.547. The highest BCUT2D eigenvalue weighted by molar-refractivity contribution is 6.14. The van der Waals surface area contributed by atoms with Crippen molar-refractivity contribution in [2.24, 2.45) is 7.05 Å². The van der Waals surface area contributed by atoms with E-state index in [0.717, 1.165) is 35.2 Å². The molecule has 0 spiro atoms. The SMILES string of the molecule is COc1nc(NC(=O)c2ccc(N3CC[C@@H](N(C)C(=O)OC(C)(C)C)C3)c3cc(C)[nH]c23)nc2cn(C)nc12. The Kier molecular flexibility index (Phi) is 6.57. The molecule has 12 nitrogen and oxygen atoms in total. The van der Waals surface area contributed by atoms with Crippen LogP contribution < -0.4 is 15.0 Å². The lowest BCUT2D eigenvalue weighted by Gasteiger charge is -2.29. The average Bonchev–Trinajstić information content (AvgIpc) is 3.58. The number of amides is 2. The van der Waals surface area contributed by atoms with E-state index in [4.69, 9.17) is 9.47 Å². The normalized spacial score (nSPS) is 15.7. The van der Waals surface area contributed by atoms with Crippen molar-refractivity contribution in [3.05, 3.63) is 35.7 Å². The van der Waals surface area contributed by atoms with Gasteiger partial charge in [-0.2, -0.15) is 10.1 Å². The third-order valence-electron chi connectivity index (χ3n) is 6.75. The average molecular weight is 535 g/mol. The number of likely N-dealkylation sites (N-methyl/N-ethyl adjacent to an activating group) is 1. The van der Waals surface area contributed by atoms with E-state index in [1.165, 1.54) is 7.11 Å². The van der Waals surface area contributed by atoms with Gasteiger partial charge in [-0.1, -0.05) is 0 Å². The van der Waals surface area contributed by atoms with Gasteiger partial charge in [-0.05, 0) is 52.3 Å². The zero-order valence-corrected chi connectivity index (χ0v) is 23.3. The number of carbonyl (C=O) groups is 2. The molecule has 2 N–H and O–H groups in total. The highest BCUT2D eigenvalue weighted by Crippen LogP contribution is 2.34. The Labute approximate surface area is 226 Å². The monoisotopic (exact) mass is 534 g/mol. The number of nitrogens with one attached hydrogen (secondary N) is 2. The molecule has 1 aliphatic heterocycles. The van der Waals surface area contributed by atoms with E-state index in [9.17, 15) is 9.59 Å². The van der Waals surface area contributed by atoms with Crippen LogP contribution >= 0.6 is 0 Å². The Morgan fingerprint density at radius 1 is 1.23 bits per heavy atom. The van der Waals surface area contributed by atoms with E-state index in [1.807, 2.05) is 39.8 Å². The Morgan fingerprint density at radius 2 is 2.00 bits per heavy atom. The van der Waals surface area contributed by atoms with Gasteiger partial charge in [0.25, 0.3) is 5.91 Å². The topological polar surface area (TPSA) is 130 Å².